The highest BCUT2D eigenvalue weighted by Crippen LogP contribution is 2.49. The zero-order valence-electron chi connectivity index (χ0n) is 18.6. The molecule has 2 heterocycles. The van der Waals surface area contributed by atoms with E-state index in [1.54, 1.807) is 0 Å². The van der Waals surface area contributed by atoms with Gasteiger partial charge in [0, 0.05) is 42.0 Å². The molecule has 0 unspecified atom stereocenters. The first kappa shape index (κ1) is 18.5. The van der Waals surface area contributed by atoms with Crippen LogP contribution in [0.25, 0.3) is 64.5 Å². The van der Waals surface area contributed by atoms with Crippen molar-refractivity contribution >= 4 is 70.2 Å². The molecule has 0 saturated heterocycles. The molecule has 2 heteroatoms. The first-order chi connectivity index (χ1) is 16.9. The second kappa shape index (κ2) is 6.82. The van der Waals surface area contributed by atoms with E-state index < -0.39 is 0 Å². The van der Waals surface area contributed by atoms with Crippen molar-refractivity contribution in [1.82, 2.24) is 4.57 Å². The Labute approximate surface area is 201 Å². The van der Waals surface area contributed by atoms with Crippen LogP contribution in [0.4, 0.5) is 0 Å². The van der Waals surface area contributed by atoms with E-state index in [2.05, 4.69) is 108 Å². The van der Waals surface area contributed by atoms with Gasteiger partial charge in [-0.15, -0.1) is 11.3 Å². The molecule has 8 rings (SSSR count). The molecule has 0 radical (unpaired) electrons. The average Bonchev–Trinajstić information content (AvgIpc) is 3.46. The monoisotopic (exact) mass is 451 g/mol. The normalized spacial score (nSPS) is 13.5. The fraction of sp³-hybridized carbons (Fsp3) is 0.0625. The van der Waals surface area contributed by atoms with E-state index in [-0.39, 0.29) is 0 Å². The molecule has 1 nitrogen and oxygen atoms in total. The van der Waals surface area contributed by atoms with Crippen molar-refractivity contribution < 1.29 is 0 Å². The zero-order valence-corrected chi connectivity index (χ0v) is 19.4. The molecule has 1 aliphatic carbocycles. The van der Waals surface area contributed by atoms with Crippen molar-refractivity contribution in [3.63, 3.8) is 0 Å². The van der Waals surface area contributed by atoms with E-state index >= 15 is 0 Å². The number of thiophene rings is 1. The number of benzene rings is 5. The van der Waals surface area contributed by atoms with Gasteiger partial charge in [0.2, 0.25) is 0 Å². The van der Waals surface area contributed by atoms with E-state index in [4.69, 9.17) is 0 Å². The molecule has 34 heavy (non-hydrogen) atoms. The highest BCUT2D eigenvalue weighted by molar-refractivity contribution is 7.27. The van der Waals surface area contributed by atoms with E-state index in [9.17, 15) is 0 Å². The predicted molar refractivity (Wildman–Crippen MR) is 149 cm³/mol. The van der Waals surface area contributed by atoms with Gasteiger partial charge in [0.1, 0.15) is 0 Å². The summed E-state index contributed by atoms with van der Waals surface area (Å²) >= 11 is 1.92. The van der Waals surface area contributed by atoms with E-state index in [0.717, 1.165) is 12.8 Å². The van der Waals surface area contributed by atoms with Gasteiger partial charge in [0.25, 0.3) is 0 Å². The van der Waals surface area contributed by atoms with Gasteiger partial charge in [0.15, 0.2) is 0 Å². The lowest BCUT2D eigenvalue weighted by Gasteiger charge is -2.13. The summed E-state index contributed by atoms with van der Waals surface area (Å²) in [5.41, 5.74) is 6.70. The van der Waals surface area contributed by atoms with Crippen molar-refractivity contribution in [3.05, 3.63) is 108 Å². The molecule has 0 fully saturated rings. The fourth-order valence-electron chi connectivity index (χ4n) is 6.01. The SMILES string of the molecule is C1=Cc2c(ccc3c2c2c4ccccc4c4sc5ccccc5c4c2n3-c2ccccc2)CC1. The van der Waals surface area contributed by atoms with Crippen LogP contribution in [0.2, 0.25) is 0 Å². The van der Waals surface area contributed by atoms with Crippen LogP contribution in [-0.4, -0.2) is 4.57 Å². The molecule has 2 aromatic heterocycles. The van der Waals surface area contributed by atoms with Crippen molar-refractivity contribution in [3.8, 4) is 5.69 Å². The van der Waals surface area contributed by atoms with E-state index in [0.29, 0.717) is 0 Å². The zero-order chi connectivity index (χ0) is 22.2. The lowest BCUT2D eigenvalue weighted by molar-refractivity contribution is 0.989. The van der Waals surface area contributed by atoms with Crippen molar-refractivity contribution in [1.29, 1.82) is 0 Å². The van der Waals surface area contributed by atoms with E-state index in [1.807, 2.05) is 11.3 Å². The molecule has 0 bridgehead atoms. The molecule has 0 N–H and O–H groups in total. The van der Waals surface area contributed by atoms with E-state index in [1.165, 1.54) is 69.6 Å². The van der Waals surface area contributed by atoms with Crippen LogP contribution < -0.4 is 0 Å². The van der Waals surface area contributed by atoms with Crippen LogP contribution >= 0.6 is 11.3 Å². The molecule has 0 amide bonds. The smallest absolute Gasteiger partial charge is 0.0640 e. The Kier molecular flexibility index (Phi) is 3.72. The van der Waals surface area contributed by atoms with Crippen LogP contribution in [0.1, 0.15) is 17.5 Å². The van der Waals surface area contributed by atoms with Gasteiger partial charge in [-0.1, -0.05) is 78.9 Å². The number of aromatic nitrogens is 1. The van der Waals surface area contributed by atoms with Crippen LogP contribution in [0.3, 0.4) is 0 Å². The Balaban J connectivity index is 1.78. The minimum atomic E-state index is 1.11. The second-order valence-electron chi connectivity index (χ2n) is 9.22. The summed E-state index contributed by atoms with van der Waals surface area (Å²) in [5, 5.41) is 8.21. The summed E-state index contributed by atoms with van der Waals surface area (Å²) in [6.07, 6.45) is 6.94. The second-order valence-corrected chi connectivity index (χ2v) is 10.3. The Morgan fingerprint density at radius 1 is 0.647 bits per heavy atom. The molecule has 0 saturated carbocycles. The third-order valence-electron chi connectivity index (χ3n) is 7.42. The average molecular weight is 452 g/mol. The van der Waals surface area contributed by atoms with Gasteiger partial charge in [0.05, 0.1) is 11.0 Å². The van der Waals surface area contributed by atoms with Gasteiger partial charge >= 0.3 is 0 Å². The van der Waals surface area contributed by atoms with Gasteiger partial charge in [-0.3, -0.25) is 0 Å². The minimum Gasteiger partial charge on any atom is -0.309 e. The summed E-state index contributed by atoms with van der Waals surface area (Å²) in [6, 6.07) is 33.5. The van der Waals surface area contributed by atoms with Gasteiger partial charge < -0.3 is 4.57 Å². The quantitative estimate of drug-likeness (QED) is 0.234. The lowest BCUT2D eigenvalue weighted by atomic mass is 9.91. The molecule has 0 spiro atoms. The summed E-state index contributed by atoms with van der Waals surface area (Å²) < 4.78 is 5.25. The first-order valence-corrected chi connectivity index (χ1v) is 12.8. The number of hydrogen-bond acceptors (Lipinski definition) is 1. The highest BCUT2D eigenvalue weighted by atomic mass is 32.1. The predicted octanol–water partition coefficient (Wildman–Crippen LogP) is 9.26. The summed E-state index contributed by atoms with van der Waals surface area (Å²) in [6.45, 7) is 0. The Bertz CT molecular complexity index is 1950. The van der Waals surface area contributed by atoms with Crippen molar-refractivity contribution in [2.75, 3.05) is 0 Å². The number of aryl methyl sites for hydroxylation is 1. The molecule has 160 valence electrons. The van der Waals surface area contributed by atoms with Gasteiger partial charge in [-0.05, 0) is 53.6 Å². The number of para-hydroxylation sites is 1. The number of allylic oxidation sites excluding steroid dienone is 1. The highest BCUT2D eigenvalue weighted by Gasteiger charge is 2.24. The maximum atomic E-state index is 2.52. The summed E-state index contributed by atoms with van der Waals surface area (Å²) in [7, 11) is 0. The fourth-order valence-corrected chi connectivity index (χ4v) is 7.26. The number of hydrogen-bond donors (Lipinski definition) is 0. The Morgan fingerprint density at radius 2 is 1.41 bits per heavy atom. The third-order valence-corrected chi connectivity index (χ3v) is 8.62. The van der Waals surface area contributed by atoms with Crippen LogP contribution in [0.5, 0.6) is 0 Å². The largest absolute Gasteiger partial charge is 0.309 e. The molecule has 0 atom stereocenters. The van der Waals surface area contributed by atoms with Crippen molar-refractivity contribution in [2.24, 2.45) is 0 Å². The van der Waals surface area contributed by atoms with Crippen LogP contribution in [0, 0.1) is 0 Å². The first-order valence-electron chi connectivity index (χ1n) is 11.9. The minimum absolute atomic E-state index is 1.11. The molecular formula is C32H21NS. The summed E-state index contributed by atoms with van der Waals surface area (Å²) in [4.78, 5) is 0. The standard InChI is InChI=1S/C32H21NS/c1-2-11-21(12-3-1)33-26-19-18-20-10-4-5-13-22(20)28(26)29-23-14-6-7-15-24(23)32-30(31(29)33)25-16-8-9-17-27(25)34-32/h1-3,5-9,11-19H,4,10H2. The number of nitrogens with zero attached hydrogens (tertiary/aromatic N) is 1. The molecular weight excluding hydrogens is 430 g/mol. The molecule has 5 aromatic carbocycles. The summed E-state index contributed by atoms with van der Waals surface area (Å²) in [5.74, 6) is 0. The number of fused-ring (bicyclic) bond motifs is 12. The molecule has 0 aliphatic heterocycles. The topological polar surface area (TPSA) is 4.93 Å². The molecule has 7 aromatic rings. The van der Waals surface area contributed by atoms with Crippen LogP contribution in [-0.2, 0) is 6.42 Å². The maximum Gasteiger partial charge on any atom is 0.0640 e. The Hall–Kier alpha value is -3.88. The molecule has 1 aliphatic rings. The van der Waals surface area contributed by atoms with Crippen LogP contribution in [0.15, 0.2) is 97.1 Å². The number of rotatable bonds is 1. The van der Waals surface area contributed by atoms with Gasteiger partial charge in [-0.2, -0.15) is 0 Å². The van der Waals surface area contributed by atoms with Crippen molar-refractivity contribution in [2.45, 2.75) is 12.8 Å². The Morgan fingerprint density at radius 3 is 2.29 bits per heavy atom. The third kappa shape index (κ3) is 2.33. The van der Waals surface area contributed by atoms with Gasteiger partial charge in [-0.25, -0.2) is 0 Å². The maximum absolute atomic E-state index is 2.52. The lowest BCUT2D eigenvalue weighted by Crippen LogP contribution is -1.96.